The van der Waals surface area contributed by atoms with Gasteiger partial charge < -0.3 is 29.0 Å². The molecule has 0 heterocycles. The summed E-state index contributed by atoms with van der Waals surface area (Å²) in [5.74, 6) is -2.54. The minimum Gasteiger partial charge on any atom is -0.457 e. The molecule has 11 heteroatoms. The van der Waals surface area contributed by atoms with Crippen LogP contribution >= 0.6 is 0 Å². The summed E-state index contributed by atoms with van der Waals surface area (Å²) in [6.45, 7) is 18.3. The zero-order valence-electron chi connectivity index (χ0n) is 28.6. The second-order valence-corrected chi connectivity index (χ2v) is 14.1. The summed E-state index contributed by atoms with van der Waals surface area (Å²) in [7, 11) is 0. The van der Waals surface area contributed by atoms with Gasteiger partial charge in [0.1, 0.15) is 23.9 Å². The Morgan fingerprint density at radius 3 is 1.74 bits per heavy atom. The molecule has 0 aliphatic heterocycles. The van der Waals surface area contributed by atoms with Crippen molar-refractivity contribution in [2.75, 3.05) is 0 Å². The highest BCUT2D eigenvalue weighted by Gasteiger charge is 2.32. The van der Waals surface area contributed by atoms with E-state index in [4.69, 9.17) is 23.7 Å². The second kappa shape index (κ2) is 15.2. The molecule has 1 amide bonds. The minimum atomic E-state index is -1.26. The van der Waals surface area contributed by atoms with Gasteiger partial charge in [0.25, 0.3) is 0 Å². The van der Waals surface area contributed by atoms with Crippen LogP contribution in [0.5, 0.6) is 11.5 Å². The van der Waals surface area contributed by atoms with Crippen molar-refractivity contribution in [1.82, 2.24) is 5.32 Å². The maximum atomic E-state index is 13.4. The summed E-state index contributed by atoms with van der Waals surface area (Å²) < 4.78 is 27.6. The van der Waals surface area contributed by atoms with Crippen molar-refractivity contribution in [3.63, 3.8) is 0 Å². The van der Waals surface area contributed by atoms with Gasteiger partial charge in [-0.2, -0.15) is 0 Å². The first-order valence-corrected chi connectivity index (χ1v) is 15.1. The second-order valence-electron chi connectivity index (χ2n) is 14.1. The Bertz CT molecular complexity index is 1400. The number of rotatable bonds is 10. The molecule has 3 atom stereocenters. The first kappa shape index (κ1) is 37.8. The van der Waals surface area contributed by atoms with E-state index in [1.54, 1.807) is 113 Å². The van der Waals surface area contributed by atoms with E-state index in [9.17, 15) is 24.0 Å². The lowest BCUT2D eigenvalue weighted by molar-refractivity contribution is -0.156. The third kappa shape index (κ3) is 12.2. The van der Waals surface area contributed by atoms with Crippen LogP contribution in [0.3, 0.4) is 0 Å². The van der Waals surface area contributed by atoms with Gasteiger partial charge in [0, 0.05) is 6.42 Å². The maximum absolute atomic E-state index is 13.4. The molecular formula is C35H47NO10. The molecule has 0 aromatic heterocycles. The number of hydrogen-bond acceptors (Lipinski definition) is 10. The van der Waals surface area contributed by atoms with Crippen molar-refractivity contribution in [3.05, 3.63) is 59.7 Å². The molecule has 0 radical (unpaired) electrons. The van der Waals surface area contributed by atoms with Gasteiger partial charge in [0.15, 0.2) is 11.5 Å². The number of amides is 1. The molecule has 1 N–H and O–H groups in total. The lowest BCUT2D eigenvalue weighted by Gasteiger charge is -2.26. The number of ether oxygens (including phenoxy) is 5. The highest BCUT2D eigenvalue weighted by atomic mass is 16.6. The number of nitrogens with one attached hydrogen (secondary N) is 1. The summed E-state index contributed by atoms with van der Waals surface area (Å²) >= 11 is 0. The van der Waals surface area contributed by atoms with Gasteiger partial charge in [-0.3, -0.25) is 9.59 Å². The molecular weight excluding hydrogens is 594 g/mol. The fourth-order valence-corrected chi connectivity index (χ4v) is 3.50. The number of hydrogen-bond donors (Lipinski definition) is 1. The van der Waals surface area contributed by atoms with Crippen molar-refractivity contribution < 1.29 is 47.7 Å². The zero-order valence-corrected chi connectivity index (χ0v) is 28.6. The lowest BCUT2D eigenvalue weighted by atomic mass is 9.97. The van der Waals surface area contributed by atoms with Crippen LogP contribution in [0.15, 0.2) is 48.5 Å². The van der Waals surface area contributed by atoms with E-state index in [1.807, 2.05) is 0 Å². The van der Waals surface area contributed by atoms with E-state index in [0.717, 1.165) is 0 Å². The minimum absolute atomic E-state index is 0.0168. The molecule has 0 spiro atoms. The Hall–Kier alpha value is -4.41. The number of carbonyl (C=O) groups is 5. The highest BCUT2D eigenvalue weighted by molar-refractivity contribution is 5.89. The lowest BCUT2D eigenvalue weighted by Crippen LogP contribution is -2.47. The van der Waals surface area contributed by atoms with Crippen LogP contribution in [0.1, 0.15) is 92.1 Å². The molecule has 2 rings (SSSR count). The Morgan fingerprint density at radius 2 is 1.22 bits per heavy atom. The van der Waals surface area contributed by atoms with Crippen molar-refractivity contribution in [2.24, 2.45) is 10.8 Å². The molecule has 11 nitrogen and oxygen atoms in total. The summed E-state index contributed by atoms with van der Waals surface area (Å²) in [5, 5.41) is 2.55. The molecule has 252 valence electrons. The normalized spacial score (nSPS) is 13.8. The van der Waals surface area contributed by atoms with Crippen molar-refractivity contribution >= 4 is 30.0 Å². The van der Waals surface area contributed by atoms with E-state index in [1.165, 1.54) is 12.1 Å². The first-order chi connectivity index (χ1) is 21.1. The van der Waals surface area contributed by atoms with Crippen molar-refractivity contribution in [1.29, 1.82) is 0 Å². The molecule has 46 heavy (non-hydrogen) atoms. The van der Waals surface area contributed by atoms with Gasteiger partial charge in [-0.05, 0) is 106 Å². The fourth-order valence-electron chi connectivity index (χ4n) is 3.50. The monoisotopic (exact) mass is 641 g/mol. The van der Waals surface area contributed by atoms with Gasteiger partial charge in [0.05, 0.1) is 16.4 Å². The first-order valence-electron chi connectivity index (χ1n) is 15.1. The van der Waals surface area contributed by atoms with Crippen LogP contribution in [-0.4, -0.2) is 53.8 Å². The number of benzene rings is 2. The summed E-state index contributed by atoms with van der Waals surface area (Å²) in [4.78, 5) is 64.1. The van der Waals surface area contributed by atoms with Crippen molar-refractivity contribution in [3.8, 4) is 11.5 Å². The predicted octanol–water partition coefficient (Wildman–Crippen LogP) is 6.20. The van der Waals surface area contributed by atoms with Gasteiger partial charge in [0.2, 0.25) is 0 Å². The molecule has 0 saturated carbocycles. The highest BCUT2D eigenvalue weighted by Crippen LogP contribution is 2.33. The molecule has 0 fully saturated rings. The molecule has 0 bridgehead atoms. The van der Waals surface area contributed by atoms with Gasteiger partial charge >= 0.3 is 30.0 Å². The van der Waals surface area contributed by atoms with E-state index in [2.05, 4.69) is 5.32 Å². The third-order valence-corrected chi connectivity index (χ3v) is 6.32. The topological polar surface area (TPSA) is 144 Å². The van der Waals surface area contributed by atoms with Crippen LogP contribution in [0.25, 0.3) is 0 Å². The molecule has 0 aliphatic rings. The number of alkyl carbamates (subject to hydrolysis) is 1. The SMILES string of the molecule is C[C@H](OC(=O)c1ccccc1)[C@@H](C)OC(=O)[C@H](Cc1ccc(OC(=O)C(C)(C)C)c(OC(=O)C(C)(C)C)c1)NC(=O)OC(C)(C)C. The van der Waals surface area contributed by atoms with Gasteiger partial charge in [-0.1, -0.05) is 24.3 Å². The van der Waals surface area contributed by atoms with Crippen LogP contribution in [0.2, 0.25) is 0 Å². The van der Waals surface area contributed by atoms with E-state index in [0.29, 0.717) is 11.1 Å². The van der Waals surface area contributed by atoms with Crippen LogP contribution < -0.4 is 14.8 Å². The summed E-state index contributed by atoms with van der Waals surface area (Å²) in [5.41, 5.74) is -1.76. The summed E-state index contributed by atoms with van der Waals surface area (Å²) in [6, 6.07) is 11.6. The fraction of sp³-hybridized carbons (Fsp3) is 0.514. The van der Waals surface area contributed by atoms with Crippen LogP contribution in [0, 0.1) is 10.8 Å². The predicted molar refractivity (Wildman–Crippen MR) is 170 cm³/mol. The smallest absolute Gasteiger partial charge is 0.408 e. The quantitative estimate of drug-likeness (QED) is 0.181. The van der Waals surface area contributed by atoms with Crippen LogP contribution in [0.4, 0.5) is 4.79 Å². The molecule has 0 unspecified atom stereocenters. The average molecular weight is 642 g/mol. The molecule has 2 aromatic rings. The average Bonchev–Trinajstić information content (AvgIpc) is 2.92. The van der Waals surface area contributed by atoms with E-state index >= 15 is 0 Å². The maximum Gasteiger partial charge on any atom is 0.408 e. The largest absolute Gasteiger partial charge is 0.457 e. The van der Waals surface area contributed by atoms with Gasteiger partial charge in [-0.15, -0.1) is 0 Å². The Morgan fingerprint density at radius 1 is 0.696 bits per heavy atom. The standard InChI is InChI=1S/C35H47NO10/c1-21(42-28(37)24-15-13-12-14-16-24)22(2)43-29(38)25(36-32(41)46-35(9,10)11)19-23-17-18-26(44-30(39)33(3,4)5)27(20-23)45-31(40)34(6,7)8/h12-18,20-22,25H,19H2,1-11H3,(H,36,41)/t21-,22+,25-/m0/s1. The van der Waals surface area contributed by atoms with Crippen LogP contribution in [-0.2, 0) is 35.0 Å². The third-order valence-electron chi connectivity index (χ3n) is 6.32. The Balaban J connectivity index is 2.36. The van der Waals surface area contributed by atoms with Crippen molar-refractivity contribution in [2.45, 2.75) is 106 Å². The molecule has 0 saturated heterocycles. The number of esters is 4. The molecule has 0 aliphatic carbocycles. The van der Waals surface area contributed by atoms with E-state index < -0.39 is 64.7 Å². The van der Waals surface area contributed by atoms with Gasteiger partial charge in [-0.25, -0.2) is 14.4 Å². The number of carbonyl (C=O) groups excluding carboxylic acids is 5. The summed E-state index contributed by atoms with van der Waals surface area (Å²) in [6.07, 6.45) is -2.68. The van der Waals surface area contributed by atoms with E-state index in [-0.39, 0.29) is 17.9 Å². The Labute approximate surface area is 271 Å². The molecule has 2 aromatic carbocycles. The zero-order chi connectivity index (χ0) is 35.0. The Kier molecular flexibility index (Phi) is 12.5.